The number of aliphatic hydroxyl groups excluding tert-OH is 1. The SMILES string of the molecule is CC(C)=CCc1c2c(c(O)c3c1O[C@]14C(=CC5CC1C(C)(C)O[C@]4(C/C=C(/C)OC=O)C5=O)C3=O)C=C[C@](C)(CCC(O)C(C)(C)O)O2. The highest BCUT2D eigenvalue weighted by Crippen LogP contribution is 2.68. The lowest BCUT2D eigenvalue weighted by Gasteiger charge is -2.56. The standard InChI is InChI=1S/C38H46O10/c1-20(2)9-10-24-31-23(12-14-36(8,46-31)15-13-27(40)34(4,5)44)29(41)28-30(42)25-17-22-18-26-35(6,7)48-37(33(22)43,16-11-21(3)45-19-39)38(25,26)47-32(24)28/h9,11-12,14,17,19,22,26-27,40-41,44H,10,13,15-16,18H2,1-8H3/b21-11-/t22?,26?,27?,36-,37-,38-/m1/s1. The second kappa shape index (κ2) is 11.1. The average Bonchev–Trinajstić information content (AvgIpc) is 3.15. The van der Waals surface area contributed by atoms with E-state index in [0.29, 0.717) is 48.2 Å². The molecule has 2 fully saturated rings. The summed E-state index contributed by atoms with van der Waals surface area (Å²) in [6, 6.07) is 0. The molecule has 6 atom stereocenters. The molecule has 1 spiro atoms. The molecule has 10 heteroatoms. The van der Waals surface area contributed by atoms with Crippen molar-refractivity contribution >= 4 is 24.1 Å². The number of aromatic hydroxyl groups is 1. The van der Waals surface area contributed by atoms with E-state index in [1.807, 2.05) is 40.7 Å². The Balaban J connectivity index is 1.55. The number of rotatable bonds is 10. The van der Waals surface area contributed by atoms with Crippen molar-refractivity contribution in [2.75, 3.05) is 0 Å². The zero-order valence-corrected chi connectivity index (χ0v) is 28.9. The van der Waals surface area contributed by atoms with Crippen LogP contribution in [0.5, 0.6) is 17.2 Å². The van der Waals surface area contributed by atoms with Crippen molar-refractivity contribution in [1.82, 2.24) is 0 Å². The summed E-state index contributed by atoms with van der Waals surface area (Å²) in [7, 11) is 0. The second-order valence-electron chi connectivity index (χ2n) is 15.5. The van der Waals surface area contributed by atoms with Gasteiger partial charge in [0.1, 0.15) is 34.2 Å². The van der Waals surface area contributed by atoms with Crippen LogP contribution in [0.15, 0.2) is 41.2 Å². The summed E-state index contributed by atoms with van der Waals surface area (Å²) in [6.07, 6.45) is 9.15. The fraction of sp³-hybridized carbons (Fsp3) is 0.553. The molecule has 3 aliphatic heterocycles. The van der Waals surface area contributed by atoms with Gasteiger partial charge in [0.15, 0.2) is 22.8 Å². The maximum absolute atomic E-state index is 14.8. The van der Waals surface area contributed by atoms with Crippen LogP contribution in [0.4, 0.5) is 0 Å². The van der Waals surface area contributed by atoms with Gasteiger partial charge in [0.2, 0.25) is 0 Å². The van der Waals surface area contributed by atoms with Gasteiger partial charge >= 0.3 is 0 Å². The number of allylic oxidation sites excluding steroid dienone is 4. The third-order valence-electron chi connectivity index (χ3n) is 10.9. The number of phenols is 1. The van der Waals surface area contributed by atoms with Gasteiger partial charge in [-0.2, -0.15) is 0 Å². The number of fused-ring (bicyclic) bond motifs is 2. The van der Waals surface area contributed by atoms with E-state index in [9.17, 15) is 29.7 Å². The number of benzene rings is 1. The molecule has 1 aromatic carbocycles. The van der Waals surface area contributed by atoms with Gasteiger partial charge in [-0.3, -0.25) is 14.4 Å². The van der Waals surface area contributed by atoms with Gasteiger partial charge in [0, 0.05) is 29.4 Å². The largest absolute Gasteiger partial charge is 0.506 e. The molecule has 1 saturated carbocycles. The Labute approximate surface area is 281 Å². The van der Waals surface area contributed by atoms with E-state index in [2.05, 4.69) is 0 Å². The molecule has 48 heavy (non-hydrogen) atoms. The van der Waals surface area contributed by atoms with Gasteiger partial charge in [-0.1, -0.05) is 17.7 Å². The number of phenolic OH excluding ortho intramolecular Hbond substituents is 1. The van der Waals surface area contributed by atoms with Crippen LogP contribution in [0.1, 0.15) is 103 Å². The van der Waals surface area contributed by atoms with E-state index in [1.54, 1.807) is 45.1 Å². The normalized spacial score (nSPS) is 31.5. The highest BCUT2D eigenvalue weighted by atomic mass is 16.6. The number of carbonyl (C=O) groups is 3. The van der Waals surface area contributed by atoms with Crippen LogP contribution in [-0.2, 0) is 25.5 Å². The minimum Gasteiger partial charge on any atom is -0.506 e. The second-order valence-corrected chi connectivity index (χ2v) is 15.5. The van der Waals surface area contributed by atoms with Crippen molar-refractivity contribution in [1.29, 1.82) is 0 Å². The van der Waals surface area contributed by atoms with Crippen molar-refractivity contribution in [3.05, 3.63) is 57.9 Å². The topological polar surface area (TPSA) is 149 Å². The predicted molar refractivity (Wildman–Crippen MR) is 177 cm³/mol. The Morgan fingerprint density at radius 1 is 1.12 bits per heavy atom. The minimum absolute atomic E-state index is 0.00293. The molecule has 4 bridgehead atoms. The number of Topliss-reactive ketones (excluding diaryl/α,β-unsaturated/α-hetero) is 2. The molecule has 0 amide bonds. The van der Waals surface area contributed by atoms with E-state index in [1.165, 1.54) is 0 Å². The van der Waals surface area contributed by atoms with Crippen LogP contribution in [0.2, 0.25) is 0 Å². The van der Waals surface area contributed by atoms with Crippen LogP contribution in [0, 0.1) is 11.8 Å². The molecule has 10 nitrogen and oxygen atoms in total. The minimum atomic E-state index is -1.60. The van der Waals surface area contributed by atoms with E-state index < -0.39 is 51.7 Å². The molecule has 3 N–H and O–H groups in total. The highest BCUT2D eigenvalue weighted by Gasteiger charge is 2.81. The van der Waals surface area contributed by atoms with Gasteiger partial charge in [0.25, 0.3) is 6.47 Å². The Hall–Kier alpha value is -3.73. The fourth-order valence-corrected chi connectivity index (χ4v) is 8.33. The van der Waals surface area contributed by atoms with Crippen molar-refractivity contribution in [3.63, 3.8) is 0 Å². The third kappa shape index (κ3) is 4.90. The molecule has 0 radical (unpaired) electrons. The Morgan fingerprint density at radius 3 is 2.48 bits per heavy atom. The molecular weight excluding hydrogens is 616 g/mol. The molecule has 1 aromatic rings. The number of carbonyl (C=O) groups excluding carboxylic acids is 3. The van der Waals surface area contributed by atoms with Crippen LogP contribution in [0.25, 0.3) is 6.08 Å². The molecule has 3 heterocycles. The van der Waals surface area contributed by atoms with Crippen molar-refractivity contribution in [2.24, 2.45) is 11.8 Å². The van der Waals surface area contributed by atoms with Gasteiger partial charge in [-0.05, 0) is 99.3 Å². The Morgan fingerprint density at radius 2 is 1.83 bits per heavy atom. The maximum Gasteiger partial charge on any atom is 0.298 e. The first-order chi connectivity index (χ1) is 22.3. The highest BCUT2D eigenvalue weighted by molar-refractivity contribution is 6.19. The van der Waals surface area contributed by atoms with E-state index in [0.717, 1.165) is 5.57 Å². The van der Waals surface area contributed by atoms with Crippen molar-refractivity contribution < 1.29 is 48.7 Å². The first-order valence-corrected chi connectivity index (χ1v) is 16.6. The monoisotopic (exact) mass is 662 g/mol. The summed E-state index contributed by atoms with van der Waals surface area (Å²) in [5.41, 5.74) is -4.01. The molecule has 6 aliphatic rings. The molecule has 3 unspecified atom stereocenters. The lowest BCUT2D eigenvalue weighted by atomic mass is 9.51. The van der Waals surface area contributed by atoms with Crippen LogP contribution < -0.4 is 9.47 Å². The lowest BCUT2D eigenvalue weighted by molar-refractivity contribution is -0.171. The first-order valence-electron chi connectivity index (χ1n) is 16.6. The zero-order valence-electron chi connectivity index (χ0n) is 28.9. The van der Waals surface area contributed by atoms with Crippen LogP contribution in [0.3, 0.4) is 0 Å². The summed E-state index contributed by atoms with van der Waals surface area (Å²) in [6.45, 7) is 14.6. The molecular formula is C38H46O10. The van der Waals surface area contributed by atoms with Gasteiger partial charge in [-0.25, -0.2) is 0 Å². The zero-order chi connectivity index (χ0) is 35.2. The van der Waals surface area contributed by atoms with Gasteiger partial charge < -0.3 is 34.3 Å². The van der Waals surface area contributed by atoms with E-state index >= 15 is 0 Å². The fourth-order valence-electron chi connectivity index (χ4n) is 8.33. The molecule has 3 aliphatic carbocycles. The third-order valence-corrected chi connectivity index (χ3v) is 10.9. The van der Waals surface area contributed by atoms with Gasteiger partial charge in [0.05, 0.1) is 22.9 Å². The summed E-state index contributed by atoms with van der Waals surface area (Å²) in [5.74, 6) is -1.11. The molecule has 0 aromatic heterocycles. The Kier molecular flexibility index (Phi) is 7.93. The van der Waals surface area contributed by atoms with Crippen LogP contribution >= 0.6 is 0 Å². The number of hydrogen-bond acceptors (Lipinski definition) is 10. The number of aliphatic hydroxyl groups is 2. The average molecular weight is 663 g/mol. The van der Waals surface area contributed by atoms with E-state index in [-0.39, 0.29) is 41.4 Å². The molecule has 1 saturated heterocycles. The van der Waals surface area contributed by atoms with Crippen molar-refractivity contribution in [3.8, 4) is 17.2 Å². The predicted octanol–water partition coefficient (Wildman–Crippen LogP) is 5.45. The van der Waals surface area contributed by atoms with Crippen LogP contribution in [-0.4, -0.2) is 67.5 Å². The summed E-state index contributed by atoms with van der Waals surface area (Å²) in [4.78, 5) is 40.2. The number of ketones is 2. The summed E-state index contributed by atoms with van der Waals surface area (Å²) in [5, 5.41) is 32.7. The quantitative estimate of drug-likeness (QED) is 0.168. The maximum atomic E-state index is 14.8. The number of hydrogen-bond donors (Lipinski definition) is 3. The summed E-state index contributed by atoms with van der Waals surface area (Å²) >= 11 is 0. The van der Waals surface area contributed by atoms with Gasteiger partial charge in [-0.15, -0.1) is 0 Å². The number of ether oxygens (including phenoxy) is 4. The molecule has 7 rings (SSSR count). The first kappa shape index (κ1) is 34.1. The van der Waals surface area contributed by atoms with E-state index in [4.69, 9.17) is 18.9 Å². The smallest absolute Gasteiger partial charge is 0.298 e. The molecule has 258 valence electrons. The lowest BCUT2D eigenvalue weighted by Crippen LogP contribution is -2.72. The van der Waals surface area contributed by atoms with Crippen molar-refractivity contribution in [2.45, 2.75) is 122 Å². The summed E-state index contributed by atoms with van der Waals surface area (Å²) < 4.78 is 25.6. The Bertz CT molecular complexity index is 1720.